The lowest BCUT2D eigenvalue weighted by atomic mass is 10.2. The lowest BCUT2D eigenvalue weighted by molar-refractivity contribution is 0.0959. The number of ether oxygens (including phenoxy) is 1. The Kier molecular flexibility index (Phi) is 6.69. The van der Waals surface area contributed by atoms with Gasteiger partial charge in [-0.05, 0) is 43.8 Å². The van der Waals surface area contributed by atoms with Gasteiger partial charge in [0.2, 0.25) is 0 Å². The minimum absolute atomic E-state index is 0.233. The highest BCUT2D eigenvalue weighted by Crippen LogP contribution is 2.37. The largest absolute Gasteiger partial charge is 0.493 e. The fourth-order valence-corrected chi connectivity index (χ4v) is 5.05. The summed E-state index contributed by atoms with van der Waals surface area (Å²) in [6.07, 6.45) is 0. The summed E-state index contributed by atoms with van der Waals surface area (Å²) in [5, 5.41) is 2.07. The number of aryl methyl sites for hydroxylation is 1. The standard InChI is InChI=1S/C24H26ClN3O3S/c1-5-27(6-2)12-13-28(24-26-20-15(3)10-11-17(25)22(20)32-24)23(29)19-14-16-8-7-9-18(30-4)21(16)31-19/h7-11,14H,5-6,12-13H2,1-4H3. The minimum atomic E-state index is -0.233. The summed E-state index contributed by atoms with van der Waals surface area (Å²) in [5.74, 6) is 0.619. The zero-order valence-corrected chi connectivity index (χ0v) is 20.2. The van der Waals surface area contributed by atoms with Gasteiger partial charge in [0, 0.05) is 18.5 Å². The second-order valence-corrected chi connectivity index (χ2v) is 8.90. The molecule has 0 saturated heterocycles. The van der Waals surface area contributed by atoms with E-state index in [0.29, 0.717) is 28.0 Å². The van der Waals surface area contributed by atoms with Crippen molar-refractivity contribution in [1.82, 2.24) is 9.88 Å². The Morgan fingerprint density at radius 3 is 2.66 bits per heavy atom. The van der Waals surface area contributed by atoms with Crippen LogP contribution in [0.3, 0.4) is 0 Å². The van der Waals surface area contributed by atoms with Gasteiger partial charge in [0.05, 0.1) is 22.3 Å². The summed E-state index contributed by atoms with van der Waals surface area (Å²) in [7, 11) is 1.59. The number of halogens is 1. The Hall–Kier alpha value is -2.61. The highest BCUT2D eigenvalue weighted by Gasteiger charge is 2.26. The van der Waals surface area contributed by atoms with Gasteiger partial charge in [-0.15, -0.1) is 0 Å². The average Bonchev–Trinajstić information content (AvgIpc) is 3.44. The number of aromatic nitrogens is 1. The molecule has 0 spiro atoms. The molecule has 0 saturated carbocycles. The third kappa shape index (κ3) is 4.20. The second-order valence-electron chi connectivity index (χ2n) is 7.51. The Morgan fingerprint density at radius 2 is 1.97 bits per heavy atom. The van der Waals surface area contributed by atoms with Crippen LogP contribution in [0.1, 0.15) is 30.0 Å². The van der Waals surface area contributed by atoms with Crippen LogP contribution in [-0.2, 0) is 0 Å². The Labute approximate surface area is 196 Å². The van der Waals surface area contributed by atoms with Crippen molar-refractivity contribution in [2.75, 3.05) is 38.2 Å². The summed E-state index contributed by atoms with van der Waals surface area (Å²) < 4.78 is 12.2. The number of anilines is 1. The van der Waals surface area contributed by atoms with Gasteiger partial charge in [-0.2, -0.15) is 0 Å². The van der Waals surface area contributed by atoms with Crippen molar-refractivity contribution < 1.29 is 13.9 Å². The number of benzene rings is 2. The molecule has 0 atom stereocenters. The lowest BCUT2D eigenvalue weighted by Crippen LogP contribution is -2.38. The number of hydrogen-bond donors (Lipinski definition) is 0. The third-order valence-electron chi connectivity index (χ3n) is 5.63. The van der Waals surface area contributed by atoms with E-state index < -0.39 is 0 Å². The molecule has 0 aliphatic heterocycles. The van der Waals surface area contributed by atoms with E-state index >= 15 is 0 Å². The van der Waals surface area contributed by atoms with E-state index in [9.17, 15) is 4.79 Å². The normalized spacial score (nSPS) is 11.6. The predicted molar refractivity (Wildman–Crippen MR) is 132 cm³/mol. The van der Waals surface area contributed by atoms with Crippen LogP contribution >= 0.6 is 22.9 Å². The summed E-state index contributed by atoms with van der Waals surface area (Å²) in [4.78, 5) is 22.4. The Bertz CT molecular complexity index is 1220. The molecule has 4 aromatic rings. The lowest BCUT2D eigenvalue weighted by Gasteiger charge is -2.24. The van der Waals surface area contributed by atoms with E-state index in [4.69, 9.17) is 25.7 Å². The van der Waals surface area contributed by atoms with E-state index in [1.54, 1.807) is 18.1 Å². The van der Waals surface area contributed by atoms with Crippen molar-refractivity contribution in [3.63, 3.8) is 0 Å². The first kappa shape index (κ1) is 22.6. The topological polar surface area (TPSA) is 58.8 Å². The number of para-hydroxylation sites is 1. The fourth-order valence-electron chi connectivity index (χ4n) is 3.71. The molecule has 1 amide bonds. The number of amides is 1. The van der Waals surface area contributed by atoms with Crippen molar-refractivity contribution in [2.24, 2.45) is 0 Å². The fraction of sp³-hybridized carbons (Fsp3) is 0.333. The van der Waals surface area contributed by atoms with E-state index in [1.165, 1.54) is 11.3 Å². The number of thiazole rings is 1. The number of fused-ring (bicyclic) bond motifs is 2. The predicted octanol–water partition coefficient (Wildman–Crippen LogP) is 6.00. The van der Waals surface area contributed by atoms with Crippen molar-refractivity contribution in [3.05, 3.63) is 52.7 Å². The summed E-state index contributed by atoms with van der Waals surface area (Å²) in [6.45, 7) is 9.26. The third-order valence-corrected chi connectivity index (χ3v) is 7.17. The molecule has 2 heterocycles. The summed E-state index contributed by atoms with van der Waals surface area (Å²) >= 11 is 7.86. The molecule has 168 valence electrons. The first-order valence-electron chi connectivity index (χ1n) is 10.6. The molecule has 0 radical (unpaired) electrons. The molecule has 2 aromatic carbocycles. The second kappa shape index (κ2) is 9.48. The highest BCUT2D eigenvalue weighted by molar-refractivity contribution is 7.23. The van der Waals surface area contributed by atoms with Crippen LogP contribution in [0.15, 0.2) is 40.8 Å². The van der Waals surface area contributed by atoms with Crippen LogP contribution in [0.4, 0.5) is 5.13 Å². The van der Waals surface area contributed by atoms with Crippen molar-refractivity contribution >= 4 is 55.2 Å². The molecular formula is C24H26ClN3O3S. The number of carbonyl (C=O) groups is 1. The van der Waals surface area contributed by atoms with E-state index in [2.05, 4.69) is 18.7 Å². The molecule has 0 aliphatic carbocycles. The van der Waals surface area contributed by atoms with Crippen LogP contribution in [0.2, 0.25) is 5.02 Å². The summed E-state index contributed by atoms with van der Waals surface area (Å²) in [5.41, 5.74) is 2.41. The molecule has 0 N–H and O–H groups in total. The number of furan rings is 1. The van der Waals surface area contributed by atoms with Gasteiger partial charge in [-0.25, -0.2) is 4.98 Å². The molecule has 0 unspecified atom stereocenters. The SMILES string of the molecule is CCN(CC)CCN(C(=O)c1cc2cccc(OC)c2o1)c1nc2c(C)ccc(Cl)c2s1. The molecule has 8 heteroatoms. The van der Waals surface area contributed by atoms with E-state index in [0.717, 1.165) is 40.8 Å². The maximum atomic E-state index is 13.7. The number of rotatable bonds is 8. The van der Waals surface area contributed by atoms with Crippen LogP contribution in [-0.4, -0.2) is 49.1 Å². The number of likely N-dealkylation sites (N-methyl/N-ethyl adjacent to an activating group) is 1. The molecular weight excluding hydrogens is 446 g/mol. The Balaban J connectivity index is 1.76. The number of methoxy groups -OCH3 is 1. The molecule has 2 aromatic heterocycles. The first-order valence-corrected chi connectivity index (χ1v) is 11.8. The number of hydrogen-bond acceptors (Lipinski definition) is 6. The van der Waals surface area contributed by atoms with Crippen molar-refractivity contribution in [3.8, 4) is 5.75 Å². The molecule has 32 heavy (non-hydrogen) atoms. The van der Waals surface area contributed by atoms with Gasteiger partial charge in [0.1, 0.15) is 0 Å². The van der Waals surface area contributed by atoms with Gasteiger partial charge in [-0.1, -0.05) is 55.0 Å². The Morgan fingerprint density at radius 1 is 1.19 bits per heavy atom. The van der Waals surface area contributed by atoms with Crippen LogP contribution in [0.5, 0.6) is 5.75 Å². The average molecular weight is 472 g/mol. The van der Waals surface area contributed by atoms with Gasteiger partial charge in [0.25, 0.3) is 5.91 Å². The quantitative estimate of drug-likeness (QED) is 0.315. The minimum Gasteiger partial charge on any atom is -0.493 e. The maximum absolute atomic E-state index is 13.7. The van der Waals surface area contributed by atoms with E-state index in [-0.39, 0.29) is 11.7 Å². The van der Waals surface area contributed by atoms with Gasteiger partial charge in [0.15, 0.2) is 22.2 Å². The first-order chi connectivity index (χ1) is 15.5. The molecule has 0 bridgehead atoms. The van der Waals surface area contributed by atoms with Crippen molar-refractivity contribution in [2.45, 2.75) is 20.8 Å². The molecule has 6 nitrogen and oxygen atoms in total. The van der Waals surface area contributed by atoms with Crippen LogP contribution < -0.4 is 9.64 Å². The monoisotopic (exact) mass is 471 g/mol. The van der Waals surface area contributed by atoms with Gasteiger partial charge < -0.3 is 14.1 Å². The zero-order valence-electron chi connectivity index (χ0n) is 18.6. The smallest absolute Gasteiger partial charge is 0.295 e. The molecule has 0 aliphatic rings. The van der Waals surface area contributed by atoms with Gasteiger partial charge >= 0.3 is 0 Å². The highest BCUT2D eigenvalue weighted by atomic mass is 35.5. The molecule has 4 rings (SSSR count). The molecule has 0 fully saturated rings. The number of carbonyl (C=O) groups excluding carboxylic acids is 1. The maximum Gasteiger partial charge on any atom is 0.295 e. The van der Waals surface area contributed by atoms with Crippen LogP contribution in [0, 0.1) is 6.92 Å². The van der Waals surface area contributed by atoms with Gasteiger partial charge in [-0.3, -0.25) is 9.69 Å². The number of nitrogens with zero attached hydrogens (tertiary/aromatic N) is 3. The zero-order chi connectivity index (χ0) is 22.8. The van der Waals surface area contributed by atoms with Crippen LogP contribution in [0.25, 0.3) is 21.2 Å². The van der Waals surface area contributed by atoms with E-state index in [1.807, 2.05) is 37.3 Å². The summed E-state index contributed by atoms with van der Waals surface area (Å²) in [6, 6.07) is 11.2. The van der Waals surface area contributed by atoms with Crippen molar-refractivity contribution in [1.29, 1.82) is 0 Å².